The molecule has 114 valence electrons. The van der Waals surface area contributed by atoms with Crippen LogP contribution in [0.3, 0.4) is 0 Å². The van der Waals surface area contributed by atoms with Gasteiger partial charge in [-0.1, -0.05) is 27.7 Å². The average molecular weight is 292 g/mol. The third-order valence-corrected chi connectivity index (χ3v) is 7.14. The van der Waals surface area contributed by atoms with Gasteiger partial charge in [-0.3, -0.25) is 4.79 Å². The molecule has 2 atom stereocenters. The van der Waals surface area contributed by atoms with Gasteiger partial charge in [-0.05, 0) is 12.5 Å². The molecule has 0 spiro atoms. The van der Waals surface area contributed by atoms with Crippen molar-refractivity contribution in [3.63, 3.8) is 0 Å². The summed E-state index contributed by atoms with van der Waals surface area (Å²) in [7, 11) is 0.913. The summed E-state index contributed by atoms with van der Waals surface area (Å²) in [6.45, 7) is 7.75. The maximum Gasteiger partial charge on any atom is 0.367 e. The minimum atomic E-state index is -2.40. The van der Waals surface area contributed by atoms with Gasteiger partial charge < -0.3 is 18.3 Å². The Morgan fingerprint density at radius 3 is 1.95 bits per heavy atom. The van der Waals surface area contributed by atoms with Crippen LogP contribution in [0.15, 0.2) is 0 Å². The molecule has 0 aliphatic heterocycles. The van der Waals surface area contributed by atoms with E-state index in [1.165, 1.54) is 0 Å². The normalized spacial score (nSPS) is 15.1. The summed E-state index contributed by atoms with van der Waals surface area (Å²) in [6.07, 6.45) is 1.20. The van der Waals surface area contributed by atoms with Gasteiger partial charge in [0.25, 0.3) is 0 Å². The Bertz CT molecular complexity index is 247. The van der Waals surface area contributed by atoms with Crippen LogP contribution in [-0.2, 0) is 23.1 Å². The first kappa shape index (κ1) is 18.6. The average Bonchev–Trinajstić information content (AvgIpc) is 2.46. The zero-order chi connectivity index (χ0) is 14.9. The van der Waals surface area contributed by atoms with E-state index in [-0.39, 0.29) is 11.7 Å². The van der Waals surface area contributed by atoms with Gasteiger partial charge >= 0.3 is 14.5 Å². The van der Waals surface area contributed by atoms with Crippen molar-refractivity contribution in [3.05, 3.63) is 0 Å². The first-order chi connectivity index (χ1) is 9.03. The molecule has 0 heterocycles. The van der Waals surface area contributed by atoms with Crippen LogP contribution in [0.1, 0.15) is 47.0 Å². The van der Waals surface area contributed by atoms with E-state index < -0.39 is 14.9 Å². The van der Waals surface area contributed by atoms with Gasteiger partial charge in [-0.2, -0.15) is 0 Å². The van der Waals surface area contributed by atoms with E-state index in [0.29, 0.717) is 12.8 Å². The molecule has 0 aromatic rings. The Balaban J connectivity index is 4.79. The molecule has 0 bridgehead atoms. The van der Waals surface area contributed by atoms with Crippen molar-refractivity contribution in [3.8, 4) is 0 Å². The van der Waals surface area contributed by atoms with Crippen LogP contribution in [-0.4, -0.2) is 40.8 Å². The van der Waals surface area contributed by atoms with Crippen LogP contribution in [0, 0.1) is 0 Å². The van der Waals surface area contributed by atoms with E-state index in [1.54, 1.807) is 21.1 Å². The second kappa shape index (κ2) is 9.47. The van der Waals surface area contributed by atoms with Crippen molar-refractivity contribution in [2.45, 2.75) is 65.0 Å². The minimum absolute atomic E-state index is 0.151. The summed E-state index contributed by atoms with van der Waals surface area (Å²) in [4.78, 5) is 11.4. The fourth-order valence-corrected chi connectivity index (χ4v) is 4.70. The van der Waals surface area contributed by atoms with Gasteiger partial charge in [-0.15, -0.1) is 0 Å². The summed E-state index contributed by atoms with van der Waals surface area (Å²) in [5.41, 5.74) is -0.151. The third-order valence-electron chi connectivity index (χ3n) is 3.25. The molecular formula is C13H28O5Si. The smallest absolute Gasteiger partial charge is 0.367 e. The number of carbonyl (C=O) groups is 1. The first-order valence-corrected chi connectivity index (χ1v) is 9.08. The number of hydrogen-bond donors (Lipinski definition) is 0. The van der Waals surface area contributed by atoms with Crippen LogP contribution in [0.2, 0.25) is 6.04 Å². The van der Waals surface area contributed by atoms with Gasteiger partial charge in [0.15, 0.2) is 0 Å². The lowest BCUT2D eigenvalue weighted by atomic mass is 10.4. The van der Waals surface area contributed by atoms with E-state index in [1.807, 2.05) is 20.8 Å². The molecule has 0 fully saturated rings. The summed E-state index contributed by atoms with van der Waals surface area (Å²) in [5.74, 6) is -0.250. The summed E-state index contributed by atoms with van der Waals surface area (Å²) >= 11 is 0. The molecule has 2 unspecified atom stereocenters. The maximum absolute atomic E-state index is 11.4. The highest BCUT2D eigenvalue weighted by Gasteiger charge is 2.44. The molecule has 5 nitrogen and oxygen atoms in total. The molecule has 0 saturated heterocycles. The molecule has 0 aliphatic carbocycles. The standard InChI is InChI=1S/C13H28O5Si/c1-7-11(14)17-12(8-2)18-13(9-3)19(10-4,15-5)16-6/h12-13H,7-10H2,1-6H3. The van der Waals surface area contributed by atoms with E-state index in [2.05, 4.69) is 0 Å². The highest BCUT2D eigenvalue weighted by molar-refractivity contribution is 6.68. The van der Waals surface area contributed by atoms with Gasteiger partial charge in [0.2, 0.25) is 6.29 Å². The molecule has 0 aromatic carbocycles. The van der Waals surface area contributed by atoms with E-state index in [0.717, 1.165) is 12.5 Å². The zero-order valence-corrected chi connectivity index (χ0v) is 14.0. The van der Waals surface area contributed by atoms with Crippen molar-refractivity contribution in [2.24, 2.45) is 0 Å². The quantitative estimate of drug-likeness (QED) is 0.352. The van der Waals surface area contributed by atoms with Crippen molar-refractivity contribution in [1.82, 2.24) is 0 Å². The van der Waals surface area contributed by atoms with Gasteiger partial charge in [0, 0.05) is 27.1 Å². The van der Waals surface area contributed by atoms with Crippen LogP contribution in [0.25, 0.3) is 0 Å². The highest BCUT2D eigenvalue weighted by atomic mass is 28.4. The van der Waals surface area contributed by atoms with Gasteiger partial charge in [0.05, 0.1) is 0 Å². The maximum atomic E-state index is 11.4. The molecule has 0 radical (unpaired) electrons. The van der Waals surface area contributed by atoms with Crippen LogP contribution >= 0.6 is 0 Å². The molecule has 0 aliphatic rings. The number of carbonyl (C=O) groups excluding carboxylic acids is 1. The van der Waals surface area contributed by atoms with Crippen LogP contribution in [0.4, 0.5) is 0 Å². The lowest BCUT2D eigenvalue weighted by molar-refractivity contribution is -0.186. The van der Waals surface area contributed by atoms with Crippen LogP contribution < -0.4 is 0 Å². The summed E-state index contributed by atoms with van der Waals surface area (Å²) in [5, 5.41) is 0. The topological polar surface area (TPSA) is 54.0 Å². The van der Waals surface area contributed by atoms with Crippen molar-refractivity contribution in [2.75, 3.05) is 14.2 Å². The Morgan fingerprint density at radius 2 is 1.63 bits per heavy atom. The lowest BCUT2D eigenvalue weighted by Gasteiger charge is -2.35. The Morgan fingerprint density at radius 1 is 1.05 bits per heavy atom. The van der Waals surface area contributed by atoms with Gasteiger partial charge in [-0.25, -0.2) is 0 Å². The molecular weight excluding hydrogens is 264 g/mol. The lowest BCUT2D eigenvalue weighted by Crippen LogP contribution is -2.54. The second-order valence-corrected chi connectivity index (χ2v) is 8.08. The third kappa shape index (κ3) is 5.22. The molecule has 0 saturated carbocycles. The monoisotopic (exact) mass is 292 g/mol. The first-order valence-electron chi connectivity index (χ1n) is 6.98. The highest BCUT2D eigenvalue weighted by Crippen LogP contribution is 2.23. The minimum Gasteiger partial charge on any atom is -0.436 e. The predicted octanol–water partition coefficient (Wildman–Crippen LogP) is 2.77. The van der Waals surface area contributed by atoms with E-state index in [9.17, 15) is 4.79 Å². The largest absolute Gasteiger partial charge is 0.436 e. The van der Waals surface area contributed by atoms with Crippen molar-refractivity contribution < 1.29 is 23.1 Å². The molecule has 6 heteroatoms. The fraction of sp³-hybridized carbons (Fsp3) is 0.923. The SMILES string of the molecule is CCC(=O)OC(CC)OC(CC)[Si](CC)(OC)OC. The number of ether oxygens (including phenoxy) is 2. The molecule has 0 amide bonds. The number of hydrogen-bond acceptors (Lipinski definition) is 5. The Labute approximate surface area is 117 Å². The zero-order valence-electron chi connectivity index (χ0n) is 13.0. The fourth-order valence-electron chi connectivity index (χ4n) is 1.99. The number of rotatable bonds is 10. The number of esters is 1. The van der Waals surface area contributed by atoms with Crippen LogP contribution in [0.5, 0.6) is 0 Å². The Hall–Kier alpha value is -0.433. The summed E-state index contributed by atoms with van der Waals surface area (Å²) < 4.78 is 22.4. The van der Waals surface area contributed by atoms with E-state index >= 15 is 0 Å². The summed E-state index contributed by atoms with van der Waals surface area (Å²) in [6, 6.07) is 0.788. The molecule has 0 rings (SSSR count). The van der Waals surface area contributed by atoms with Gasteiger partial charge in [0.1, 0.15) is 5.73 Å². The molecule has 0 aromatic heterocycles. The van der Waals surface area contributed by atoms with Crippen molar-refractivity contribution in [1.29, 1.82) is 0 Å². The van der Waals surface area contributed by atoms with Crippen molar-refractivity contribution >= 4 is 14.5 Å². The second-order valence-electron chi connectivity index (χ2n) is 4.29. The predicted molar refractivity (Wildman–Crippen MR) is 75.9 cm³/mol. The Kier molecular flexibility index (Phi) is 9.25. The molecule has 0 N–H and O–H groups in total. The van der Waals surface area contributed by atoms with E-state index in [4.69, 9.17) is 18.3 Å². The molecule has 19 heavy (non-hydrogen) atoms.